The zero-order valence-electron chi connectivity index (χ0n) is 10.5. The van der Waals surface area contributed by atoms with Crippen molar-refractivity contribution in [3.05, 3.63) is 63.9 Å². The lowest BCUT2D eigenvalue weighted by Gasteiger charge is -2.06. The summed E-state index contributed by atoms with van der Waals surface area (Å²) in [6.45, 7) is 0. The molecule has 0 saturated carbocycles. The highest BCUT2D eigenvalue weighted by molar-refractivity contribution is 9.10. The van der Waals surface area contributed by atoms with Crippen LogP contribution in [0.5, 0.6) is 0 Å². The molecule has 106 valence electrons. The van der Waals surface area contributed by atoms with Crippen molar-refractivity contribution >= 4 is 27.6 Å². The van der Waals surface area contributed by atoms with E-state index in [1.807, 2.05) is 12.1 Å². The zero-order valence-corrected chi connectivity index (χ0v) is 12.1. The lowest BCUT2D eigenvalue weighted by Crippen LogP contribution is -2.05. The van der Waals surface area contributed by atoms with E-state index in [2.05, 4.69) is 20.9 Å². The van der Waals surface area contributed by atoms with Gasteiger partial charge in [-0.3, -0.25) is 4.98 Å². The number of benzene rings is 1. The van der Waals surface area contributed by atoms with Crippen LogP contribution < -0.4 is 0 Å². The monoisotopic (exact) mass is 352 g/mol. The first-order valence-corrected chi connectivity index (χ1v) is 6.60. The molecule has 0 saturated heterocycles. The van der Waals surface area contributed by atoms with Crippen LogP contribution in [0.25, 0.3) is 11.6 Å². The quantitative estimate of drug-likeness (QED) is 0.718. The first-order chi connectivity index (χ1) is 9.90. The van der Waals surface area contributed by atoms with Crippen LogP contribution in [0.1, 0.15) is 16.8 Å². The molecular formula is C15H8BrF3N2. The Kier molecular flexibility index (Phi) is 4.43. The van der Waals surface area contributed by atoms with Crippen LogP contribution in [-0.4, -0.2) is 4.98 Å². The minimum Gasteiger partial charge on any atom is -0.255 e. The zero-order chi connectivity index (χ0) is 15.5. The number of allylic oxidation sites excluding steroid dienone is 1. The van der Waals surface area contributed by atoms with Crippen molar-refractivity contribution < 1.29 is 13.2 Å². The third kappa shape index (κ3) is 3.92. The van der Waals surface area contributed by atoms with Crippen LogP contribution in [0.3, 0.4) is 0 Å². The molecular weight excluding hydrogens is 345 g/mol. The maximum atomic E-state index is 12.5. The molecule has 0 radical (unpaired) electrons. The van der Waals surface area contributed by atoms with Crippen molar-refractivity contribution in [3.8, 4) is 6.07 Å². The van der Waals surface area contributed by atoms with E-state index in [9.17, 15) is 13.2 Å². The van der Waals surface area contributed by atoms with Gasteiger partial charge in [0.25, 0.3) is 0 Å². The summed E-state index contributed by atoms with van der Waals surface area (Å²) in [6, 6.07) is 11.3. The Balaban J connectivity index is 2.36. The Morgan fingerprint density at radius 3 is 2.52 bits per heavy atom. The summed E-state index contributed by atoms with van der Waals surface area (Å²) in [6.07, 6.45) is -2.14. The highest BCUT2D eigenvalue weighted by Gasteiger charge is 2.30. The maximum Gasteiger partial charge on any atom is 0.417 e. The molecule has 21 heavy (non-hydrogen) atoms. The molecule has 0 fully saturated rings. The van der Waals surface area contributed by atoms with Gasteiger partial charge in [0.15, 0.2) is 0 Å². The molecule has 6 heteroatoms. The summed E-state index contributed by atoms with van der Waals surface area (Å²) < 4.78 is 38.2. The molecule has 0 amide bonds. The second-order valence-corrected chi connectivity index (χ2v) is 5.07. The average molecular weight is 353 g/mol. The van der Waals surface area contributed by atoms with Crippen molar-refractivity contribution in [2.45, 2.75) is 6.18 Å². The molecule has 0 aliphatic carbocycles. The van der Waals surface area contributed by atoms with Gasteiger partial charge in [0.1, 0.15) is 6.07 Å². The van der Waals surface area contributed by atoms with Crippen LogP contribution in [-0.2, 0) is 6.18 Å². The fourth-order valence-corrected chi connectivity index (χ4v) is 2.06. The number of aromatic nitrogens is 1. The van der Waals surface area contributed by atoms with E-state index in [1.165, 1.54) is 6.07 Å². The Morgan fingerprint density at radius 2 is 2.00 bits per heavy atom. The summed E-state index contributed by atoms with van der Waals surface area (Å²) in [7, 11) is 0. The largest absolute Gasteiger partial charge is 0.417 e. The standard InChI is InChI=1S/C15H8BrF3N2/c16-13-3-1-2-10(7-13)6-11(8-20)14-5-4-12(9-21-14)15(17,18)19/h1-7,9H/b11-6+. The van der Waals surface area contributed by atoms with E-state index in [1.54, 1.807) is 24.3 Å². The molecule has 0 bridgehead atoms. The summed E-state index contributed by atoms with van der Waals surface area (Å²) in [5.41, 5.74) is 0.306. The second kappa shape index (κ2) is 6.10. The molecule has 2 nitrogen and oxygen atoms in total. The Labute approximate surface area is 127 Å². The van der Waals surface area contributed by atoms with E-state index in [-0.39, 0.29) is 11.3 Å². The van der Waals surface area contributed by atoms with E-state index in [0.29, 0.717) is 0 Å². The van der Waals surface area contributed by atoms with Gasteiger partial charge in [-0.1, -0.05) is 28.1 Å². The lowest BCUT2D eigenvalue weighted by atomic mass is 10.1. The number of nitriles is 1. The summed E-state index contributed by atoms with van der Waals surface area (Å²) in [5, 5.41) is 9.15. The summed E-state index contributed by atoms with van der Waals surface area (Å²) in [4.78, 5) is 3.71. The van der Waals surface area contributed by atoms with Gasteiger partial charge >= 0.3 is 6.18 Å². The maximum absolute atomic E-state index is 12.5. The van der Waals surface area contributed by atoms with Crippen molar-refractivity contribution in [1.29, 1.82) is 5.26 Å². The van der Waals surface area contributed by atoms with Crippen LogP contribution in [0.4, 0.5) is 13.2 Å². The van der Waals surface area contributed by atoms with E-state index in [0.717, 1.165) is 22.3 Å². The number of hydrogen-bond acceptors (Lipinski definition) is 2. The van der Waals surface area contributed by atoms with E-state index < -0.39 is 11.7 Å². The molecule has 1 aromatic carbocycles. The summed E-state index contributed by atoms with van der Waals surface area (Å²) in [5.74, 6) is 0. The van der Waals surface area contributed by atoms with E-state index >= 15 is 0 Å². The average Bonchev–Trinajstić information content (AvgIpc) is 2.44. The fourth-order valence-electron chi connectivity index (χ4n) is 1.65. The van der Waals surface area contributed by atoms with Gasteiger partial charge in [-0.15, -0.1) is 0 Å². The summed E-state index contributed by atoms with van der Waals surface area (Å²) >= 11 is 3.31. The smallest absolute Gasteiger partial charge is 0.255 e. The number of pyridine rings is 1. The normalized spacial score (nSPS) is 12.0. The first kappa shape index (κ1) is 15.3. The topological polar surface area (TPSA) is 36.7 Å². The van der Waals surface area contributed by atoms with E-state index in [4.69, 9.17) is 5.26 Å². The Morgan fingerprint density at radius 1 is 1.24 bits per heavy atom. The third-order valence-corrected chi connectivity index (χ3v) is 3.14. The predicted octanol–water partition coefficient (Wildman–Crippen LogP) is 4.93. The predicted molar refractivity (Wildman–Crippen MR) is 76.9 cm³/mol. The lowest BCUT2D eigenvalue weighted by molar-refractivity contribution is -0.137. The van der Waals surface area contributed by atoms with Gasteiger partial charge in [0.05, 0.1) is 16.8 Å². The van der Waals surface area contributed by atoms with Gasteiger partial charge < -0.3 is 0 Å². The number of hydrogen-bond donors (Lipinski definition) is 0. The third-order valence-electron chi connectivity index (χ3n) is 2.65. The molecule has 0 spiro atoms. The van der Waals surface area contributed by atoms with Crippen molar-refractivity contribution in [2.24, 2.45) is 0 Å². The van der Waals surface area contributed by atoms with Gasteiger partial charge in [-0.05, 0) is 35.9 Å². The van der Waals surface area contributed by atoms with Gasteiger partial charge in [0.2, 0.25) is 0 Å². The number of nitrogens with zero attached hydrogens (tertiary/aromatic N) is 2. The van der Waals surface area contributed by atoms with Crippen molar-refractivity contribution in [2.75, 3.05) is 0 Å². The Bertz CT molecular complexity index is 713. The fraction of sp³-hybridized carbons (Fsp3) is 0.0667. The molecule has 2 aromatic rings. The van der Waals surface area contributed by atoms with Crippen LogP contribution >= 0.6 is 15.9 Å². The van der Waals surface area contributed by atoms with Gasteiger partial charge in [-0.2, -0.15) is 18.4 Å². The number of halogens is 4. The van der Waals surface area contributed by atoms with Crippen molar-refractivity contribution in [1.82, 2.24) is 4.98 Å². The molecule has 0 aliphatic heterocycles. The Hall–Kier alpha value is -2.13. The van der Waals surface area contributed by atoms with Gasteiger partial charge in [-0.25, -0.2) is 0 Å². The van der Waals surface area contributed by atoms with Crippen LogP contribution in [0.15, 0.2) is 47.1 Å². The molecule has 0 atom stereocenters. The molecule has 0 aliphatic rings. The molecule has 1 heterocycles. The highest BCUT2D eigenvalue weighted by atomic mass is 79.9. The highest BCUT2D eigenvalue weighted by Crippen LogP contribution is 2.29. The molecule has 2 rings (SSSR count). The SMILES string of the molecule is N#C/C(=C\c1cccc(Br)c1)c1ccc(C(F)(F)F)cn1. The van der Waals surface area contributed by atoms with Crippen LogP contribution in [0.2, 0.25) is 0 Å². The number of rotatable bonds is 2. The molecule has 0 unspecified atom stereocenters. The van der Waals surface area contributed by atoms with Gasteiger partial charge in [0, 0.05) is 10.7 Å². The number of alkyl halides is 3. The van der Waals surface area contributed by atoms with Crippen LogP contribution in [0, 0.1) is 11.3 Å². The minimum atomic E-state index is -4.44. The molecule has 1 aromatic heterocycles. The molecule has 0 N–H and O–H groups in total. The minimum absolute atomic E-state index is 0.196. The second-order valence-electron chi connectivity index (χ2n) is 4.15. The first-order valence-electron chi connectivity index (χ1n) is 5.81. The van der Waals surface area contributed by atoms with Crippen molar-refractivity contribution in [3.63, 3.8) is 0 Å².